The van der Waals surface area contributed by atoms with Crippen LogP contribution in [0.3, 0.4) is 0 Å². The Morgan fingerprint density at radius 2 is 1.81 bits per heavy atom. The van der Waals surface area contributed by atoms with Gasteiger partial charge < -0.3 is 25.1 Å². The molecule has 1 saturated carbocycles. The van der Waals surface area contributed by atoms with Gasteiger partial charge in [-0.05, 0) is 69.2 Å². The van der Waals surface area contributed by atoms with Gasteiger partial charge in [0.05, 0.1) is 24.4 Å². The third-order valence-corrected chi connectivity index (χ3v) is 7.44. The summed E-state index contributed by atoms with van der Waals surface area (Å²) in [6, 6.07) is 11.9. The van der Waals surface area contributed by atoms with E-state index >= 15 is 0 Å². The molecule has 0 bridgehead atoms. The van der Waals surface area contributed by atoms with Crippen LogP contribution in [0.4, 0.5) is 10.5 Å². The Labute approximate surface area is 218 Å². The number of benzene rings is 2. The summed E-state index contributed by atoms with van der Waals surface area (Å²) in [7, 11) is 1.41. The lowest BCUT2D eigenvalue weighted by Crippen LogP contribution is -2.37. The van der Waals surface area contributed by atoms with Crippen LogP contribution in [0.5, 0.6) is 0 Å². The van der Waals surface area contributed by atoms with Crippen molar-refractivity contribution in [2.75, 3.05) is 19.0 Å². The van der Waals surface area contributed by atoms with E-state index in [9.17, 15) is 9.59 Å². The Morgan fingerprint density at radius 1 is 1.03 bits per heavy atom. The number of alkyl carbamates (subject to hydrolysis) is 1. The Kier molecular flexibility index (Phi) is 6.88. The van der Waals surface area contributed by atoms with Gasteiger partial charge in [0.15, 0.2) is 0 Å². The number of fused-ring (bicyclic) bond motifs is 2. The van der Waals surface area contributed by atoms with Gasteiger partial charge in [0.1, 0.15) is 5.60 Å². The molecular weight excluding hydrogens is 466 g/mol. The third kappa shape index (κ3) is 5.17. The lowest BCUT2D eigenvalue weighted by molar-refractivity contribution is 0.0500. The van der Waals surface area contributed by atoms with Gasteiger partial charge in [-0.25, -0.2) is 9.59 Å². The number of hydrogen-bond acceptors (Lipinski definition) is 5. The standard InChI is InChI=1S/C30H37N3O4/c1-30(2,3)37-29(35)33-23-15-16-31-26-21(23)11-8-12-22(26)27-25(18-9-6-5-7-10-18)20-14-13-19(28(34)36-4)17-24(20)32-27/h8,11-14,17-18,23,31-32H,5-7,9-10,15-16H2,1-4H3,(H,33,35)/t23-/m1/s1. The summed E-state index contributed by atoms with van der Waals surface area (Å²) in [6.07, 6.45) is 6.42. The van der Waals surface area contributed by atoms with E-state index in [0.29, 0.717) is 11.5 Å². The quantitative estimate of drug-likeness (QED) is 0.332. The molecule has 3 N–H and O–H groups in total. The largest absolute Gasteiger partial charge is 0.465 e. The van der Waals surface area contributed by atoms with Crippen molar-refractivity contribution in [3.8, 4) is 11.3 Å². The van der Waals surface area contributed by atoms with Crippen LogP contribution in [-0.4, -0.2) is 36.3 Å². The molecule has 0 saturated heterocycles. The lowest BCUT2D eigenvalue weighted by atomic mass is 9.81. The van der Waals surface area contributed by atoms with Crippen molar-refractivity contribution in [1.29, 1.82) is 0 Å². The van der Waals surface area contributed by atoms with E-state index in [1.807, 2.05) is 32.9 Å². The maximum Gasteiger partial charge on any atom is 0.408 e. The molecule has 0 spiro atoms. The van der Waals surface area contributed by atoms with E-state index in [0.717, 1.165) is 59.2 Å². The highest BCUT2D eigenvalue weighted by molar-refractivity contribution is 5.99. The second kappa shape index (κ2) is 10.1. The van der Waals surface area contributed by atoms with E-state index in [1.165, 1.54) is 31.9 Å². The number of methoxy groups -OCH3 is 1. The number of aromatic amines is 1. The molecule has 37 heavy (non-hydrogen) atoms. The molecule has 1 aliphatic heterocycles. The number of H-pyrrole nitrogens is 1. The lowest BCUT2D eigenvalue weighted by Gasteiger charge is -2.30. The van der Waals surface area contributed by atoms with E-state index in [2.05, 4.69) is 39.9 Å². The molecule has 1 fully saturated rings. The van der Waals surface area contributed by atoms with Crippen LogP contribution in [0.25, 0.3) is 22.2 Å². The molecule has 7 nitrogen and oxygen atoms in total. The van der Waals surface area contributed by atoms with Crippen LogP contribution >= 0.6 is 0 Å². The number of para-hydroxylation sites is 1. The third-order valence-electron chi connectivity index (χ3n) is 7.44. The zero-order valence-electron chi connectivity index (χ0n) is 22.2. The average molecular weight is 504 g/mol. The average Bonchev–Trinajstić information content (AvgIpc) is 3.26. The summed E-state index contributed by atoms with van der Waals surface area (Å²) in [5.74, 6) is 0.115. The summed E-state index contributed by atoms with van der Waals surface area (Å²) in [5, 5.41) is 7.85. The second-order valence-corrected chi connectivity index (χ2v) is 11.2. The monoisotopic (exact) mass is 503 g/mol. The van der Waals surface area contributed by atoms with Gasteiger partial charge in [-0.15, -0.1) is 0 Å². The molecule has 5 rings (SSSR count). The number of aromatic nitrogens is 1. The summed E-state index contributed by atoms with van der Waals surface area (Å²) in [6.45, 7) is 6.36. The topological polar surface area (TPSA) is 92.5 Å². The number of amides is 1. The van der Waals surface area contributed by atoms with Gasteiger partial charge in [0, 0.05) is 28.7 Å². The van der Waals surface area contributed by atoms with Crippen molar-refractivity contribution in [2.24, 2.45) is 0 Å². The Balaban J connectivity index is 1.59. The number of anilines is 1. The molecule has 2 aliphatic rings. The smallest absolute Gasteiger partial charge is 0.408 e. The Bertz CT molecular complexity index is 1310. The zero-order valence-corrected chi connectivity index (χ0v) is 22.2. The highest BCUT2D eigenvalue weighted by Crippen LogP contribution is 2.46. The molecule has 2 aromatic carbocycles. The Hall–Kier alpha value is -3.48. The second-order valence-electron chi connectivity index (χ2n) is 11.2. The number of carbonyl (C=O) groups is 2. The molecule has 1 atom stereocenters. The molecule has 196 valence electrons. The van der Waals surface area contributed by atoms with Crippen LogP contribution in [0, 0.1) is 0 Å². The minimum Gasteiger partial charge on any atom is -0.465 e. The van der Waals surface area contributed by atoms with Gasteiger partial charge in [0.25, 0.3) is 0 Å². The van der Waals surface area contributed by atoms with E-state index in [1.54, 1.807) is 0 Å². The summed E-state index contributed by atoms with van der Waals surface area (Å²) >= 11 is 0. The highest BCUT2D eigenvalue weighted by Gasteiger charge is 2.29. The predicted octanol–water partition coefficient (Wildman–Crippen LogP) is 7.05. The minimum atomic E-state index is -0.552. The SMILES string of the molecule is COC(=O)c1ccc2c(C3CCCCC3)c(-c3cccc4c3NCC[C@H]4NC(=O)OC(C)(C)C)[nH]c2c1. The Morgan fingerprint density at radius 3 is 2.54 bits per heavy atom. The minimum absolute atomic E-state index is 0.139. The molecular formula is C30H37N3O4. The fraction of sp³-hybridized carbons (Fsp3) is 0.467. The van der Waals surface area contributed by atoms with Crippen molar-refractivity contribution in [2.45, 2.75) is 76.9 Å². The molecule has 0 radical (unpaired) electrons. The van der Waals surface area contributed by atoms with Gasteiger partial charge in [-0.1, -0.05) is 43.5 Å². The zero-order chi connectivity index (χ0) is 26.2. The van der Waals surface area contributed by atoms with Crippen molar-refractivity contribution in [3.63, 3.8) is 0 Å². The van der Waals surface area contributed by atoms with Crippen LogP contribution in [0.1, 0.15) is 92.7 Å². The van der Waals surface area contributed by atoms with E-state index < -0.39 is 11.7 Å². The summed E-state index contributed by atoms with van der Waals surface area (Å²) < 4.78 is 10.5. The van der Waals surface area contributed by atoms with Crippen LogP contribution < -0.4 is 10.6 Å². The maximum absolute atomic E-state index is 12.6. The molecule has 3 aromatic rings. The summed E-state index contributed by atoms with van der Waals surface area (Å²) in [5.41, 5.74) is 6.51. The number of nitrogens with one attached hydrogen (secondary N) is 3. The molecule has 7 heteroatoms. The fourth-order valence-electron chi connectivity index (χ4n) is 5.85. The van der Waals surface area contributed by atoms with Crippen LogP contribution in [-0.2, 0) is 9.47 Å². The first-order chi connectivity index (χ1) is 17.7. The first-order valence-corrected chi connectivity index (χ1v) is 13.4. The molecule has 0 unspecified atom stereocenters. The fourth-order valence-corrected chi connectivity index (χ4v) is 5.85. The van der Waals surface area contributed by atoms with Gasteiger partial charge >= 0.3 is 12.1 Å². The van der Waals surface area contributed by atoms with E-state index in [-0.39, 0.29) is 12.0 Å². The van der Waals surface area contributed by atoms with Crippen molar-refractivity contribution in [1.82, 2.24) is 10.3 Å². The van der Waals surface area contributed by atoms with Crippen LogP contribution in [0.15, 0.2) is 36.4 Å². The van der Waals surface area contributed by atoms with Gasteiger partial charge in [-0.2, -0.15) is 0 Å². The first-order valence-electron chi connectivity index (χ1n) is 13.4. The molecule has 1 amide bonds. The maximum atomic E-state index is 12.6. The predicted molar refractivity (Wildman–Crippen MR) is 146 cm³/mol. The highest BCUT2D eigenvalue weighted by atomic mass is 16.6. The number of carbonyl (C=O) groups excluding carboxylic acids is 2. The number of rotatable bonds is 4. The summed E-state index contributed by atoms with van der Waals surface area (Å²) in [4.78, 5) is 28.5. The van der Waals surface area contributed by atoms with Crippen molar-refractivity contribution in [3.05, 3.63) is 53.1 Å². The van der Waals surface area contributed by atoms with Gasteiger partial charge in [-0.3, -0.25) is 0 Å². The number of ether oxygens (including phenoxy) is 2. The number of hydrogen-bond donors (Lipinski definition) is 3. The molecule has 2 heterocycles. The van der Waals surface area contributed by atoms with E-state index in [4.69, 9.17) is 9.47 Å². The van der Waals surface area contributed by atoms with Crippen molar-refractivity contribution < 1.29 is 19.1 Å². The van der Waals surface area contributed by atoms with Gasteiger partial charge in [0.2, 0.25) is 0 Å². The van der Waals surface area contributed by atoms with Crippen LogP contribution in [0.2, 0.25) is 0 Å². The molecule has 1 aromatic heterocycles. The first kappa shape index (κ1) is 25.2. The van der Waals surface area contributed by atoms with Crippen molar-refractivity contribution >= 4 is 28.7 Å². The normalized spacial score (nSPS) is 18.1. The number of esters is 1. The molecule has 1 aliphatic carbocycles.